The van der Waals surface area contributed by atoms with E-state index in [0.717, 1.165) is 0 Å². The van der Waals surface area contributed by atoms with E-state index in [2.05, 4.69) is 0 Å². The second kappa shape index (κ2) is 5.68. The third-order valence-electron chi connectivity index (χ3n) is 2.37. The zero-order chi connectivity index (χ0) is 12.8. The van der Waals surface area contributed by atoms with E-state index in [1.165, 1.54) is 6.26 Å². The molecule has 0 amide bonds. The summed E-state index contributed by atoms with van der Waals surface area (Å²) in [6, 6.07) is 17.9. The normalized spacial score (nSPS) is 11.0. The van der Waals surface area contributed by atoms with E-state index >= 15 is 0 Å². The van der Waals surface area contributed by atoms with Crippen molar-refractivity contribution in [1.82, 2.24) is 0 Å². The van der Waals surface area contributed by atoms with Crippen molar-refractivity contribution in [3.05, 3.63) is 72.5 Å². The molecule has 0 aliphatic carbocycles. The van der Waals surface area contributed by atoms with Gasteiger partial charge in [-0.25, -0.2) is 4.79 Å². The van der Waals surface area contributed by atoms with Gasteiger partial charge in [-0.05, 0) is 17.7 Å². The van der Waals surface area contributed by atoms with Crippen LogP contribution in [-0.4, -0.2) is 11.1 Å². The quantitative estimate of drug-likeness (QED) is 0.659. The molecule has 0 spiro atoms. The highest BCUT2D eigenvalue weighted by molar-refractivity contribution is 6.15. The van der Waals surface area contributed by atoms with Gasteiger partial charge in [-0.2, -0.15) is 0 Å². The highest BCUT2D eigenvalue weighted by Gasteiger charge is 2.10. The number of carboxylic acid groups (broad SMARTS) is 1. The fourth-order valence-electron chi connectivity index (χ4n) is 1.49. The van der Waals surface area contributed by atoms with E-state index < -0.39 is 5.97 Å². The third-order valence-corrected chi connectivity index (χ3v) is 2.37. The van der Waals surface area contributed by atoms with E-state index in [9.17, 15) is 4.79 Å². The van der Waals surface area contributed by atoms with Crippen LogP contribution in [0.15, 0.2) is 66.9 Å². The molecule has 0 heterocycles. The summed E-state index contributed by atoms with van der Waals surface area (Å²) in [5, 5.41) is 9.16. The van der Waals surface area contributed by atoms with Gasteiger partial charge in [-0.1, -0.05) is 48.5 Å². The molecule has 0 fully saturated rings. The second-order valence-corrected chi connectivity index (χ2v) is 3.63. The first-order valence-corrected chi connectivity index (χ1v) is 5.48. The zero-order valence-electron chi connectivity index (χ0n) is 9.61. The number of hydrogen-bond donors (Lipinski definition) is 1. The maximum absolute atomic E-state index is 11.2. The van der Waals surface area contributed by atoms with E-state index in [4.69, 9.17) is 9.84 Å². The average molecular weight is 240 g/mol. The molecule has 3 nitrogen and oxygen atoms in total. The molecule has 0 aliphatic heterocycles. The molecule has 0 saturated heterocycles. The predicted molar refractivity (Wildman–Crippen MR) is 69.1 cm³/mol. The van der Waals surface area contributed by atoms with Crippen LogP contribution in [-0.2, 0) is 4.79 Å². The van der Waals surface area contributed by atoms with Crippen molar-refractivity contribution in [2.45, 2.75) is 0 Å². The third kappa shape index (κ3) is 2.98. The van der Waals surface area contributed by atoms with Crippen LogP contribution in [0.2, 0.25) is 0 Å². The number of carbonyl (C=O) groups is 1. The molecular weight excluding hydrogens is 228 g/mol. The number of carboxylic acids is 1. The summed E-state index contributed by atoms with van der Waals surface area (Å²) in [5.74, 6) is -0.413. The summed E-state index contributed by atoms with van der Waals surface area (Å²) < 4.78 is 5.34. The summed E-state index contributed by atoms with van der Waals surface area (Å²) in [6.45, 7) is 0. The Hall–Kier alpha value is -2.55. The van der Waals surface area contributed by atoms with Gasteiger partial charge in [-0.3, -0.25) is 0 Å². The first-order valence-electron chi connectivity index (χ1n) is 5.48. The van der Waals surface area contributed by atoms with Crippen LogP contribution in [0.5, 0.6) is 5.75 Å². The summed E-state index contributed by atoms with van der Waals surface area (Å²) in [5.41, 5.74) is 0.736. The summed E-state index contributed by atoms with van der Waals surface area (Å²) in [7, 11) is 0. The smallest absolute Gasteiger partial charge is 0.339 e. The number of rotatable bonds is 4. The monoisotopic (exact) mass is 240 g/mol. The Morgan fingerprint density at radius 3 is 2.06 bits per heavy atom. The maximum atomic E-state index is 11.2. The van der Waals surface area contributed by atoms with E-state index in [0.29, 0.717) is 11.3 Å². The molecule has 0 aliphatic rings. The molecule has 0 aromatic heterocycles. The largest absolute Gasteiger partial charge is 0.478 e. The molecule has 0 saturated carbocycles. The SMILES string of the molecule is O=C(O)C(=COc1ccccc1)c1ccccc1. The average Bonchev–Trinajstić information content (AvgIpc) is 2.41. The fraction of sp³-hybridized carbons (Fsp3) is 0. The zero-order valence-corrected chi connectivity index (χ0v) is 9.61. The van der Waals surface area contributed by atoms with Crippen molar-refractivity contribution in [1.29, 1.82) is 0 Å². The number of ether oxygens (including phenoxy) is 1. The first-order chi connectivity index (χ1) is 8.77. The lowest BCUT2D eigenvalue weighted by molar-refractivity contribution is -0.130. The van der Waals surface area contributed by atoms with Crippen molar-refractivity contribution in [3.63, 3.8) is 0 Å². The Morgan fingerprint density at radius 2 is 1.50 bits per heavy atom. The lowest BCUT2D eigenvalue weighted by Gasteiger charge is -2.04. The summed E-state index contributed by atoms with van der Waals surface area (Å²) in [6.07, 6.45) is 1.26. The van der Waals surface area contributed by atoms with Crippen LogP contribution in [0.25, 0.3) is 5.57 Å². The Bertz CT molecular complexity index is 544. The maximum Gasteiger partial charge on any atom is 0.339 e. The van der Waals surface area contributed by atoms with Gasteiger partial charge in [0.1, 0.15) is 17.6 Å². The highest BCUT2D eigenvalue weighted by atomic mass is 16.5. The van der Waals surface area contributed by atoms with Gasteiger partial charge in [0.2, 0.25) is 0 Å². The predicted octanol–water partition coefficient (Wildman–Crippen LogP) is 3.19. The second-order valence-electron chi connectivity index (χ2n) is 3.63. The van der Waals surface area contributed by atoms with Gasteiger partial charge in [0, 0.05) is 0 Å². The van der Waals surface area contributed by atoms with E-state index in [-0.39, 0.29) is 5.57 Å². The number of benzene rings is 2. The number of aliphatic carboxylic acids is 1. The number of para-hydroxylation sites is 1. The molecule has 2 rings (SSSR count). The van der Waals surface area contributed by atoms with Gasteiger partial charge < -0.3 is 9.84 Å². The Morgan fingerprint density at radius 1 is 0.944 bits per heavy atom. The van der Waals surface area contributed by atoms with E-state index in [1.807, 2.05) is 24.3 Å². The molecule has 2 aromatic rings. The Balaban J connectivity index is 2.24. The molecule has 90 valence electrons. The van der Waals surface area contributed by atoms with Gasteiger partial charge in [-0.15, -0.1) is 0 Å². The lowest BCUT2D eigenvalue weighted by Crippen LogP contribution is -2.01. The van der Waals surface area contributed by atoms with Crippen LogP contribution < -0.4 is 4.74 Å². The standard InChI is InChI=1S/C15H12O3/c16-15(17)14(12-7-3-1-4-8-12)11-18-13-9-5-2-6-10-13/h1-11H,(H,16,17). The van der Waals surface area contributed by atoms with Crippen molar-refractivity contribution in [2.75, 3.05) is 0 Å². The minimum Gasteiger partial charge on any atom is -0.478 e. The summed E-state index contributed by atoms with van der Waals surface area (Å²) in [4.78, 5) is 11.2. The topological polar surface area (TPSA) is 46.5 Å². The first kappa shape index (κ1) is 11.9. The van der Waals surface area contributed by atoms with Crippen molar-refractivity contribution >= 4 is 11.5 Å². The van der Waals surface area contributed by atoms with Crippen LogP contribution in [0.1, 0.15) is 5.56 Å². The fourth-order valence-corrected chi connectivity index (χ4v) is 1.49. The van der Waals surface area contributed by atoms with Gasteiger partial charge in [0.25, 0.3) is 0 Å². The molecule has 0 radical (unpaired) electrons. The molecule has 0 unspecified atom stereocenters. The Labute approximate surface area is 105 Å². The molecule has 0 bridgehead atoms. The van der Waals surface area contributed by atoms with Crippen LogP contribution in [0.3, 0.4) is 0 Å². The van der Waals surface area contributed by atoms with Gasteiger partial charge in [0.05, 0.1) is 0 Å². The molecule has 0 atom stereocenters. The van der Waals surface area contributed by atoms with Gasteiger partial charge in [0.15, 0.2) is 0 Å². The van der Waals surface area contributed by atoms with Crippen molar-refractivity contribution < 1.29 is 14.6 Å². The van der Waals surface area contributed by atoms with Crippen molar-refractivity contribution in [3.8, 4) is 5.75 Å². The minimum absolute atomic E-state index is 0.124. The molecule has 3 heteroatoms. The van der Waals surface area contributed by atoms with Crippen molar-refractivity contribution in [2.24, 2.45) is 0 Å². The molecule has 2 aromatic carbocycles. The van der Waals surface area contributed by atoms with Crippen LogP contribution >= 0.6 is 0 Å². The van der Waals surface area contributed by atoms with E-state index in [1.54, 1.807) is 36.4 Å². The minimum atomic E-state index is -1.02. The summed E-state index contributed by atoms with van der Waals surface area (Å²) >= 11 is 0. The van der Waals surface area contributed by atoms with Gasteiger partial charge >= 0.3 is 5.97 Å². The highest BCUT2D eigenvalue weighted by Crippen LogP contribution is 2.16. The molecule has 18 heavy (non-hydrogen) atoms. The lowest BCUT2D eigenvalue weighted by atomic mass is 10.1. The molecular formula is C15H12O3. The number of hydrogen-bond acceptors (Lipinski definition) is 2. The van der Waals surface area contributed by atoms with Crippen LogP contribution in [0.4, 0.5) is 0 Å². The Kier molecular flexibility index (Phi) is 3.76. The molecule has 1 N–H and O–H groups in total. The van der Waals surface area contributed by atoms with Crippen LogP contribution in [0, 0.1) is 0 Å².